The van der Waals surface area contributed by atoms with Crippen LogP contribution in [0.4, 0.5) is 5.69 Å². The highest BCUT2D eigenvalue weighted by Crippen LogP contribution is 2.24. The first-order valence-corrected chi connectivity index (χ1v) is 8.49. The number of fused-ring (bicyclic) bond motifs is 1. The predicted octanol–water partition coefficient (Wildman–Crippen LogP) is 2.94. The average Bonchev–Trinajstić information content (AvgIpc) is 2.79. The molecule has 6 heteroatoms. The number of hydrogen-bond acceptors (Lipinski definition) is 4. The number of nitrogens with zero attached hydrogens (tertiary/aromatic N) is 2. The van der Waals surface area contributed by atoms with Gasteiger partial charge in [0.05, 0.1) is 22.5 Å². The number of amides is 3. The average molecular weight is 351 g/mol. The molecule has 1 N–H and O–H groups in total. The van der Waals surface area contributed by atoms with Crippen LogP contribution in [0.2, 0.25) is 0 Å². The predicted molar refractivity (Wildman–Crippen MR) is 98.2 cm³/mol. The number of pyridine rings is 1. The van der Waals surface area contributed by atoms with Crippen LogP contribution in [0.25, 0.3) is 0 Å². The molecule has 26 heavy (non-hydrogen) atoms. The lowest BCUT2D eigenvalue weighted by Gasteiger charge is -2.15. The molecule has 0 atom stereocenters. The number of aromatic nitrogens is 1. The number of rotatable bonds is 4. The number of imide groups is 1. The molecular weight excluding hydrogens is 330 g/mol. The van der Waals surface area contributed by atoms with Gasteiger partial charge in [-0.25, -0.2) is 0 Å². The Balaban J connectivity index is 1.68. The minimum Gasteiger partial charge on any atom is -0.324 e. The zero-order valence-electron chi connectivity index (χ0n) is 15.3. The summed E-state index contributed by atoms with van der Waals surface area (Å²) in [5.41, 5.74) is 4.96. The third kappa shape index (κ3) is 3.22. The van der Waals surface area contributed by atoms with Crippen LogP contribution in [0.5, 0.6) is 0 Å². The van der Waals surface area contributed by atoms with Gasteiger partial charge in [-0.2, -0.15) is 0 Å². The van der Waals surface area contributed by atoms with Gasteiger partial charge in [-0.05, 0) is 51.5 Å². The summed E-state index contributed by atoms with van der Waals surface area (Å²) in [6, 6.07) is 7.07. The molecule has 0 saturated carbocycles. The summed E-state index contributed by atoms with van der Waals surface area (Å²) in [6.45, 7) is 7.56. The van der Waals surface area contributed by atoms with Crippen LogP contribution in [0.1, 0.15) is 49.7 Å². The third-order valence-corrected chi connectivity index (χ3v) is 4.48. The van der Waals surface area contributed by atoms with Crippen LogP contribution in [0.15, 0.2) is 24.3 Å². The lowest BCUT2D eigenvalue weighted by molar-refractivity contribution is -0.116. The first-order valence-electron chi connectivity index (χ1n) is 8.49. The van der Waals surface area contributed by atoms with E-state index in [1.807, 2.05) is 33.8 Å². The van der Waals surface area contributed by atoms with E-state index in [-0.39, 0.29) is 30.7 Å². The smallest absolute Gasteiger partial charge is 0.261 e. The molecule has 0 spiro atoms. The minimum absolute atomic E-state index is 0.0389. The van der Waals surface area contributed by atoms with Crippen LogP contribution in [0.3, 0.4) is 0 Å². The molecule has 0 aliphatic carbocycles. The summed E-state index contributed by atoms with van der Waals surface area (Å²) in [5, 5.41) is 2.84. The second kappa shape index (κ2) is 6.71. The van der Waals surface area contributed by atoms with Gasteiger partial charge in [0.15, 0.2) is 0 Å². The van der Waals surface area contributed by atoms with Gasteiger partial charge >= 0.3 is 0 Å². The zero-order chi connectivity index (χ0) is 19.0. The van der Waals surface area contributed by atoms with Crippen molar-refractivity contribution >= 4 is 23.4 Å². The van der Waals surface area contributed by atoms with Crippen molar-refractivity contribution in [2.24, 2.45) is 0 Å². The molecule has 0 fully saturated rings. The number of aryl methyl sites for hydroxylation is 4. The van der Waals surface area contributed by atoms with E-state index in [4.69, 9.17) is 0 Å². The van der Waals surface area contributed by atoms with E-state index in [1.54, 1.807) is 18.2 Å². The van der Waals surface area contributed by atoms with Crippen molar-refractivity contribution in [3.05, 3.63) is 57.9 Å². The Hall–Kier alpha value is -3.02. The molecular formula is C20H21N3O3. The van der Waals surface area contributed by atoms with Crippen molar-refractivity contribution in [3.63, 3.8) is 0 Å². The van der Waals surface area contributed by atoms with Gasteiger partial charge in [0, 0.05) is 18.7 Å². The molecule has 1 aromatic heterocycles. The molecule has 2 aromatic rings. The molecule has 1 aliphatic rings. The standard InChI is InChI=1S/C20H21N3O3/c1-11-5-6-15-16(9-11)20(26)23(19(15)25)8-7-17(24)22-18-12(2)10-13(3)21-14(18)4/h5-6,9-10H,7-8H2,1-4H3,(H,22,24). The number of hydrogen-bond donors (Lipinski definition) is 1. The highest BCUT2D eigenvalue weighted by Gasteiger charge is 2.35. The Labute approximate surface area is 152 Å². The van der Waals surface area contributed by atoms with E-state index in [1.165, 1.54) is 0 Å². The van der Waals surface area contributed by atoms with Gasteiger partial charge in [-0.15, -0.1) is 0 Å². The normalized spacial score (nSPS) is 13.2. The van der Waals surface area contributed by atoms with Crippen LogP contribution in [-0.4, -0.2) is 34.2 Å². The molecule has 0 bridgehead atoms. The molecule has 134 valence electrons. The summed E-state index contributed by atoms with van der Waals surface area (Å²) in [5.74, 6) is -0.942. The van der Waals surface area contributed by atoms with Gasteiger partial charge in [0.25, 0.3) is 11.8 Å². The fourth-order valence-corrected chi connectivity index (χ4v) is 3.24. The molecule has 1 aromatic carbocycles. The summed E-state index contributed by atoms with van der Waals surface area (Å²) in [7, 11) is 0. The maximum Gasteiger partial charge on any atom is 0.261 e. The lowest BCUT2D eigenvalue weighted by atomic mass is 10.1. The number of anilines is 1. The zero-order valence-corrected chi connectivity index (χ0v) is 15.3. The first-order chi connectivity index (χ1) is 12.3. The molecule has 3 amide bonds. The Morgan fingerprint density at radius 3 is 2.42 bits per heavy atom. The number of carbonyl (C=O) groups excluding carboxylic acids is 3. The van der Waals surface area contributed by atoms with Crippen molar-refractivity contribution in [1.29, 1.82) is 0 Å². The quantitative estimate of drug-likeness (QED) is 0.859. The van der Waals surface area contributed by atoms with E-state index in [2.05, 4.69) is 10.3 Å². The molecule has 0 unspecified atom stereocenters. The third-order valence-electron chi connectivity index (χ3n) is 4.48. The Morgan fingerprint density at radius 2 is 1.73 bits per heavy atom. The van der Waals surface area contributed by atoms with Crippen molar-refractivity contribution in [2.45, 2.75) is 34.1 Å². The van der Waals surface area contributed by atoms with E-state index in [0.29, 0.717) is 16.8 Å². The van der Waals surface area contributed by atoms with Crippen LogP contribution in [-0.2, 0) is 4.79 Å². The second-order valence-electron chi connectivity index (χ2n) is 6.65. The Morgan fingerprint density at radius 1 is 1.04 bits per heavy atom. The highest BCUT2D eigenvalue weighted by molar-refractivity contribution is 6.21. The maximum absolute atomic E-state index is 12.4. The van der Waals surface area contributed by atoms with E-state index >= 15 is 0 Å². The largest absolute Gasteiger partial charge is 0.324 e. The molecule has 2 heterocycles. The van der Waals surface area contributed by atoms with Gasteiger partial charge in [-0.3, -0.25) is 24.3 Å². The maximum atomic E-state index is 12.4. The van der Waals surface area contributed by atoms with Crippen molar-refractivity contribution in [1.82, 2.24) is 9.88 Å². The summed E-state index contributed by atoms with van der Waals surface area (Å²) >= 11 is 0. The fraction of sp³-hybridized carbons (Fsp3) is 0.300. The fourth-order valence-electron chi connectivity index (χ4n) is 3.24. The SMILES string of the molecule is Cc1ccc2c(c1)C(=O)N(CCC(=O)Nc1c(C)cc(C)nc1C)C2=O. The number of carbonyl (C=O) groups is 3. The molecule has 1 aliphatic heterocycles. The van der Waals surface area contributed by atoms with Crippen molar-refractivity contribution < 1.29 is 14.4 Å². The lowest BCUT2D eigenvalue weighted by Crippen LogP contribution is -2.33. The van der Waals surface area contributed by atoms with E-state index < -0.39 is 0 Å². The van der Waals surface area contributed by atoms with E-state index in [0.717, 1.165) is 27.4 Å². The molecule has 3 rings (SSSR count). The van der Waals surface area contributed by atoms with Crippen LogP contribution >= 0.6 is 0 Å². The second-order valence-corrected chi connectivity index (χ2v) is 6.65. The van der Waals surface area contributed by atoms with E-state index in [9.17, 15) is 14.4 Å². The molecule has 0 saturated heterocycles. The Kier molecular flexibility index (Phi) is 4.59. The summed E-state index contributed by atoms with van der Waals surface area (Å²) in [6.07, 6.45) is 0.0389. The van der Waals surface area contributed by atoms with Gasteiger partial charge in [0.1, 0.15) is 0 Å². The minimum atomic E-state index is -0.345. The first kappa shape index (κ1) is 17.8. The van der Waals surface area contributed by atoms with Gasteiger partial charge in [0.2, 0.25) is 5.91 Å². The monoisotopic (exact) mass is 351 g/mol. The molecule has 6 nitrogen and oxygen atoms in total. The molecule has 0 radical (unpaired) electrons. The number of benzene rings is 1. The summed E-state index contributed by atoms with van der Waals surface area (Å²) in [4.78, 5) is 42.6. The topological polar surface area (TPSA) is 79.4 Å². The van der Waals surface area contributed by atoms with Crippen LogP contribution in [0, 0.1) is 27.7 Å². The summed E-state index contributed by atoms with van der Waals surface area (Å²) < 4.78 is 0. The van der Waals surface area contributed by atoms with Gasteiger partial charge < -0.3 is 5.32 Å². The van der Waals surface area contributed by atoms with Crippen molar-refractivity contribution in [3.8, 4) is 0 Å². The number of nitrogens with one attached hydrogen (secondary N) is 1. The highest BCUT2D eigenvalue weighted by atomic mass is 16.2. The van der Waals surface area contributed by atoms with Gasteiger partial charge in [-0.1, -0.05) is 11.6 Å². The Bertz CT molecular complexity index is 911. The van der Waals surface area contributed by atoms with Crippen LogP contribution < -0.4 is 5.32 Å². The van der Waals surface area contributed by atoms with Crippen molar-refractivity contribution in [2.75, 3.05) is 11.9 Å².